The number of carbonyl (C=O) groups excluding carboxylic acids is 1. The molecule has 1 atom stereocenters. The molecule has 0 aromatic carbocycles. The molecule has 23 heavy (non-hydrogen) atoms. The predicted octanol–water partition coefficient (Wildman–Crippen LogP) is 0.955. The van der Waals surface area contributed by atoms with Crippen LogP contribution < -0.4 is 0 Å². The number of pyridine rings is 1. The van der Waals surface area contributed by atoms with Gasteiger partial charge in [0.25, 0.3) is 5.91 Å². The summed E-state index contributed by atoms with van der Waals surface area (Å²) < 4.78 is 3.53. The van der Waals surface area contributed by atoms with Crippen LogP contribution in [0.3, 0.4) is 0 Å². The number of aryl methyl sites for hydroxylation is 2. The number of amides is 1. The van der Waals surface area contributed by atoms with E-state index in [9.17, 15) is 4.79 Å². The maximum atomic E-state index is 12.8. The monoisotopic (exact) mass is 311 g/mol. The third kappa shape index (κ3) is 2.26. The van der Waals surface area contributed by atoms with Gasteiger partial charge in [0.1, 0.15) is 5.52 Å². The third-order valence-electron chi connectivity index (χ3n) is 4.28. The van der Waals surface area contributed by atoms with Gasteiger partial charge >= 0.3 is 0 Å². The average molecular weight is 311 g/mol. The second-order valence-corrected chi connectivity index (χ2v) is 5.94. The largest absolute Gasteiger partial charge is 0.336 e. The first-order chi connectivity index (χ1) is 11.1. The molecule has 1 amide bonds. The number of carbonyl (C=O) groups is 1. The predicted molar refractivity (Wildman–Crippen MR) is 82.8 cm³/mol. The van der Waals surface area contributed by atoms with E-state index in [4.69, 9.17) is 0 Å². The Bertz CT molecular complexity index is 881. The first-order valence-electron chi connectivity index (χ1n) is 7.58. The number of aromatic nitrogens is 6. The molecule has 1 saturated heterocycles. The Hall–Kier alpha value is -2.77. The smallest absolute Gasteiger partial charge is 0.256 e. The molecule has 0 bridgehead atoms. The van der Waals surface area contributed by atoms with Gasteiger partial charge in [-0.1, -0.05) is 5.21 Å². The summed E-state index contributed by atoms with van der Waals surface area (Å²) in [6.45, 7) is 3.39. The normalized spacial score (nSPS) is 18.0. The van der Waals surface area contributed by atoms with E-state index in [-0.39, 0.29) is 11.9 Å². The van der Waals surface area contributed by atoms with Crippen LogP contribution in [0.15, 0.2) is 24.7 Å². The van der Waals surface area contributed by atoms with Crippen molar-refractivity contribution in [2.75, 3.05) is 13.1 Å². The second-order valence-electron chi connectivity index (χ2n) is 5.94. The Morgan fingerprint density at radius 1 is 1.39 bits per heavy atom. The highest BCUT2D eigenvalue weighted by atomic mass is 16.2. The number of rotatable bonds is 2. The van der Waals surface area contributed by atoms with Gasteiger partial charge in [-0.25, -0.2) is 9.67 Å². The zero-order valence-electron chi connectivity index (χ0n) is 13.0. The van der Waals surface area contributed by atoms with Crippen LogP contribution in [0.25, 0.3) is 11.2 Å². The molecule has 1 aliphatic heterocycles. The summed E-state index contributed by atoms with van der Waals surface area (Å²) in [6.07, 6.45) is 6.40. The van der Waals surface area contributed by atoms with Gasteiger partial charge in [0.05, 0.1) is 17.8 Å². The molecule has 0 spiro atoms. The lowest BCUT2D eigenvalue weighted by molar-refractivity contribution is 0.0788. The van der Waals surface area contributed by atoms with Crippen LogP contribution >= 0.6 is 0 Å². The minimum absolute atomic E-state index is 0.0238. The van der Waals surface area contributed by atoms with Crippen molar-refractivity contribution in [3.8, 4) is 0 Å². The number of likely N-dealkylation sites (tertiary alicyclic amines) is 1. The van der Waals surface area contributed by atoms with Crippen LogP contribution in [0, 0.1) is 6.92 Å². The quantitative estimate of drug-likeness (QED) is 0.704. The fourth-order valence-electron chi connectivity index (χ4n) is 3.05. The van der Waals surface area contributed by atoms with E-state index in [2.05, 4.69) is 20.4 Å². The molecular formula is C15H17N7O. The minimum Gasteiger partial charge on any atom is -0.336 e. The molecule has 3 aromatic heterocycles. The van der Waals surface area contributed by atoms with Crippen molar-refractivity contribution in [3.63, 3.8) is 0 Å². The first-order valence-corrected chi connectivity index (χ1v) is 7.58. The highest BCUT2D eigenvalue weighted by molar-refractivity contribution is 6.03. The average Bonchev–Trinajstić information content (AvgIpc) is 3.26. The maximum absolute atomic E-state index is 12.8. The summed E-state index contributed by atoms with van der Waals surface area (Å²) in [7, 11) is 1.77. The summed E-state index contributed by atoms with van der Waals surface area (Å²) >= 11 is 0. The molecule has 0 N–H and O–H groups in total. The van der Waals surface area contributed by atoms with Crippen molar-refractivity contribution in [2.24, 2.45) is 7.05 Å². The number of hydrogen-bond acceptors (Lipinski definition) is 5. The number of nitrogens with zero attached hydrogens (tertiary/aromatic N) is 7. The Morgan fingerprint density at radius 2 is 2.26 bits per heavy atom. The zero-order chi connectivity index (χ0) is 16.0. The zero-order valence-corrected chi connectivity index (χ0v) is 13.0. The van der Waals surface area contributed by atoms with Crippen molar-refractivity contribution in [3.05, 3.63) is 35.8 Å². The van der Waals surface area contributed by atoms with Crippen LogP contribution in [-0.4, -0.2) is 53.7 Å². The molecule has 0 aliphatic carbocycles. The fraction of sp³-hybridized carbons (Fsp3) is 0.400. The molecule has 0 saturated carbocycles. The number of hydrogen-bond donors (Lipinski definition) is 0. The van der Waals surface area contributed by atoms with Crippen molar-refractivity contribution in [2.45, 2.75) is 19.4 Å². The van der Waals surface area contributed by atoms with E-state index in [1.807, 2.05) is 28.9 Å². The van der Waals surface area contributed by atoms with Crippen LogP contribution in [0.4, 0.5) is 0 Å². The molecule has 1 unspecified atom stereocenters. The Morgan fingerprint density at radius 3 is 3.04 bits per heavy atom. The minimum atomic E-state index is -0.0238. The molecule has 3 aromatic rings. The standard InChI is InChI=1S/C15H17N7O/c1-10-7-17-22(8-10)11-4-6-21(9-11)15(23)12-3-5-16-14-13(12)18-19-20(14)2/h3,5,7-8,11H,4,6,9H2,1-2H3. The van der Waals surface area contributed by atoms with E-state index in [1.165, 1.54) is 0 Å². The Balaban J connectivity index is 1.60. The lowest BCUT2D eigenvalue weighted by atomic mass is 10.2. The Kier molecular flexibility index (Phi) is 3.10. The fourth-order valence-corrected chi connectivity index (χ4v) is 3.05. The first kappa shape index (κ1) is 13.9. The van der Waals surface area contributed by atoms with Gasteiger partial charge in [0, 0.05) is 32.5 Å². The van der Waals surface area contributed by atoms with Gasteiger partial charge in [-0.15, -0.1) is 5.10 Å². The van der Waals surface area contributed by atoms with Gasteiger partial charge in [0.2, 0.25) is 0 Å². The van der Waals surface area contributed by atoms with Gasteiger partial charge in [-0.05, 0) is 25.0 Å². The molecule has 8 heteroatoms. The summed E-state index contributed by atoms with van der Waals surface area (Å²) in [4.78, 5) is 18.9. The molecule has 1 fully saturated rings. The van der Waals surface area contributed by atoms with Crippen molar-refractivity contribution in [1.29, 1.82) is 0 Å². The lowest BCUT2D eigenvalue weighted by Crippen LogP contribution is -2.29. The lowest BCUT2D eigenvalue weighted by Gasteiger charge is -2.16. The van der Waals surface area contributed by atoms with Crippen molar-refractivity contribution < 1.29 is 4.79 Å². The Labute approximate surface area is 132 Å². The summed E-state index contributed by atoms with van der Waals surface area (Å²) in [5.41, 5.74) is 2.86. The van der Waals surface area contributed by atoms with Crippen LogP contribution in [0.5, 0.6) is 0 Å². The molecule has 4 rings (SSSR count). The third-order valence-corrected chi connectivity index (χ3v) is 4.28. The molecule has 8 nitrogen and oxygen atoms in total. The van der Waals surface area contributed by atoms with Gasteiger partial charge < -0.3 is 4.90 Å². The van der Waals surface area contributed by atoms with Crippen molar-refractivity contribution >= 4 is 17.1 Å². The topological polar surface area (TPSA) is 81.7 Å². The highest BCUT2D eigenvalue weighted by Crippen LogP contribution is 2.24. The molecule has 4 heterocycles. The number of fused-ring (bicyclic) bond motifs is 1. The van der Waals surface area contributed by atoms with Crippen molar-refractivity contribution in [1.82, 2.24) is 34.7 Å². The van der Waals surface area contributed by atoms with E-state index in [1.54, 1.807) is 24.0 Å². The summed E-state index contributed by atoms with van der Waals surface area (Å²) in [5, 5.41) is 12.4. The van der Waals surface area contributed by atoms with E-state index >= 15 is 0 Å². The van der Waals surface area contributed by atoms with Crippen LogP contribution in [-0.2, 0) is 7.05 Å². The summed E-state index contributed by atoms with van der Waals surface area (Å²) in [6, 6.07) is 1.94. The maximum Gasteiger partial charge on any atom is 0.256 e. The molecular weight excluding hydrogens is 294 g/mol. The SMILES string of the molecule is Cc1cnn(C2CCN(C(=O)c3ccnc4c3nnn4C)C2)c1. The highest BCUT2D eigenvalue weighted by Gasteiger charge is 2.30. The second kappa shape index (κ2) is 5.15. The molecule has 118 valence electrons. The van der Waals surface area contributed by atoms with Crippen LogP contribution in [0.2, 0.25) is 0 Å². The summed E-state index contributed by atoms with van der Waals surface area (Å²) in [5.74, 6) is -0.0238. The van der Waals surface area contributed by atoms with Gasteiger partial charge in [0.15, 0.2) is 5.65 Å². The van der Waals surface area contributed by atoms with Crippen LogP contribution in [0.1, 0.15) is 28.4 Å². The molecule has 0 radical (unpaired) electrons. The van der Waals surface area contributed by atoms with E-state index in [0.29, 0.717) is 29.8 Å². The molecule has 1 aliphatic rings. The van der Waals surface area contributed by atoms with E-state index in [0.717, 1.165) is 12.0 Å². The van der Waals surface area contributed by atoms with Gasteiger partial charge in [-0.3, -0.25) is 9.48 Å². The van der Waals surface area contributed by atoms with Gasteiger partial charge in [-0.2, -0.15) is 5.10 Å². The van der Waals surface area contributed by atoms with E-state index < -0.39 is 0 Å².